The molecule has 110 valence electrons. The van der Waals surface area contributed by atoms with E-state index in [9.17, 15) is 5.26 Å². The van der Waals surface area contributed by atoms with E-state index in [0.29, 0.717) is 11.3 Å². The van der Waals surface area contributed by atoms with E-state index in [1.807, 2.05) is 6.07 Å². The summed E-state index contributed by atoms with van der Waals surface area (Å²) >= 11 is 0. The molecule has 3 nitrogen and oxygen atoms in total. The van der Waals surface area contributed by atoms with Gasteiger partial charge in [-0.1, -0.05) is 41.5 Å². The molecule has 0 atom stereocenters. The molecule has 0 saturated heterocycles. The molecule has 0 unspecified atom stereocenters. The van der Waals surface area contributed by atoms with Crippen LogP contribution >= 0.6 is 0 Å². The Labute approximate surface area is 126 Å². The van der Waals surface area contributed by atoms with Crippen molar-refractivity contribution < 1.29 is 0 Å². The number of nitrogens with zero attached hydrogens (tertiary/aromatic N) is 2. The third-order valence-electron chi connectivity index (χ3n) is 3.65. The Hall–Kier alpha value is -2.08. The topological polar surface area (TPSA) is 62.7 Å². The maximum Gasteiger partial charge on any atom is 0.0992 e. The van der Waals surface area contributed by atoms with Gasteiger partial charge in [0.05, 0.1) is 22.8 Å². The summed E-state index contributed by atoms with van der Waals surface area (Å²) in [5.41, 5.74) is 10.2. The lowest BCUT2D eigenvalue weighted by Gasteiger charge is -2.26. The van der Waals surface area contributed by atoms with Gasteiger partial charge in [-0.3, -0.25) is 4.98 Å². The molecule has 0 spiro atoms. The largest absolute Gasteiger partial charge is 0.397 e. The fourth-order valence-electron chi connectivity index (χ4n) is 2.42. The molecule has 0 aliphatic carbocycles. The van der Waals surface area contributed by atoms with Crippen LogP contribution in [0.5, 0.6) is 0 Å². The number of fused-ring (bicyclic) bond motifs is 1. The third-order valence-corrected chi connectivity index (χ3v) is 3.65. The minimum Gasteiger partial charge on any atom is -0.397 e. The van der Waals surface area contributed by atoms with Crippen molar-refractivity contribution in [1.82, 2.24) is 4.98 Å². The van der Waals surface area contributed by atoms with Crippen LogP contribution in [-0.2, 0) is 10.8 Å². The summed E-state index contributed by atoms with van der Waals surface area (Å²) in [5, 5.41) is 10.2. The molecular formula is C18H23N3. The van der Waals surface area contributed by atoms with Crippen molar-refractivity contribution in [1.29, 1.82) is 5.26 Å². The van der Waals surface area contributed by atoms with Crippen LogP contribution < -0.4 is 5.73 Å². The van der Waals surface area contributed by atoms with E-state index < -0.39 is 0 Å². The van der Waals surface area contributed by atoms with Gasteiger partial charge in [0.1, 0.15) is 0 Å². The van der Waals surface area contributed by atoms with E-state index in [4.69, 9.17) is 10.7 Å². The molecule has 1 heterocycles. The number of benzene rings is 1. The highest BCUT2D eigenvalue weighted by Crippen LogP contribution is 2.35. The van der Waals surface area contributed by atoms with Crippen LogP contribution in [0.4, 0.5) is 5.69 Å². The summed E-state index contributed by atoms with van der Waals surface area (Å²) in [6.45, 7) is 12.9. The van der Waals surface area contributed by atoms with Crippen molar-refractivity contribution >= 4 is 16.6 Å². The SMILES string of the molecule is CC(C)(C)c1cc(C(C)(C)C)c2cc(C#N)cc(N)c2n1. The van der Waals surface area contributed by atoms with Gasteiger partial charge in [-0.15, -0.1) is 0 Å². The number of nitrogen functional groups attached to an aromatic ring is 1. The van der Waals surface area contributed by atoms with Crippen molar-refractivity contribution in [2.75, 3.05) is 5.73 Å². The predicted molar refractivity (Wildman–Crippen MR) is 88.3 cm³/mol. The minimum atomic E-state index is -0.0471. The first-order valence-electron chi connectivity index (χ1n) is 7.19. The Bertz CT molecular complexity index is 738. The van der Waals surface area contributed by atoms with Gasteiger partial charge in [-0.05, 0) is 29.2 Å². The summed E-state index contributed by atoms with van der Waals surface area (Å²) in [6.07, 6.45) is 0. The number of rotatable bonds is 0. The number of hydrogen-bond donors (Lipinski definition) is 1. The third kappa shape index (κ3) is 2.85. The van der Waals surface area contributed by atoms with E-state index >= 15 is 0 Å². The zero-order valence-electron chi connectivity index (χ0n) is 13.7. The van der Waals surface area contributed by atoms with Gasteiger partial charge < -0.3 is 5.73 Å². The second-order valence-corrected chi connectivity index (χ2v) is 7.63. The molecular weight excluding hydrogens is 258 g/mol. The first-order chi connectivity index (χ1) is 9.54. The van der Waals surface area contributed by atoms with Gasteiger partial charge in [-0.25, -0.2) is 0 Å². The summed E-state index contributed by atoms with van der Waals surface area (Å²) in [5.74, 6) is 0. The van der Waals surface area contributed by atoms with Gasteiger partial charge in [0.25, 0.3) is 0 Å². The highest BCUT2D eigenvalue weighted by Gasteiger charge is 2.24. The zero-order chi connectivity index (χ0) is 16.0. The summed E-state index contributed by atoms with van der Waals surface area (Å²) in [7, 11) is 0. The molecule has 0 aliphatic rings. The normalized spacial score (nSPS) is 12.4. The van der Waals surface area contributed by atoms with Crippen LogP contribution in [0.2, 0.25) is 0 Å². The lowest BCUT2D eigenvalue weighted by atomic mass is 9.81. The predicted octanol–water partition coefficient (Wildman–Crippen LogP) is 4.28. The molecule has 0 aliphatic heterocycles. The second kappa shape index (κ2) is 4.73. The van der Waals surface area contributed by atoms with Crippen LogP contribution in [0.1, 0.15) is 58.4 Å². The van der Waals surface area contributed by atoms with E-state index in [1.165, 1.54) is 5.56 Å². The van der Waals surface area contributed by atoms with Crippen LogP contribution in [0.25, 0.3) is 10.9 Å². The van der Waals surface area contributed by atoms with Crippen molar-refractivity contribution in [3.8, 4) is 6.07 Å². The van der Waals surface area contributed by atoms with Crippen molar-refractivity contribution in [3.63, 3.8) is 0 Å². The average molecular weight is 281 g/mol. The quantitative estimate of drug-likeness (QED) is 0.733. The molecule has 2 aromatic rings. The number of nitriles is 1. The van der Waals surface area contributed by atoms with Crippen LogP contribution in [-0.4, -0.2) is 4.98 Å². The first-order valence-corrected chi connectivity index (χ1v) is 7.19. The second-order valence-electron chi connectivity index (χ2n) is 7.63. The summed E-state index contributed by atoms with van der Waals surface area (Å²) in [6, 6.07) is 7.93. The maximum absolute atomic E-state index is 9.17. The van der Waals surface area contributed by atoms with Crippen LogP contribution in [0, 0.1) is 11.3 Å². The fourth-order valence-corrected chi connectivity index (χ4v) is 2.42. The van der Waals surface area contributed by atoms with Crippen LogP contribution in [0.3, 0.4) is 0 Å². The van der Waals surface area contributed by atoms with Gasteiger partial charge in [-0.2, -0.15) is 5.26 Å². The molecule has 0 radical (unpaired) electrons. The Morgan fingerprint density at radius 2 is 1.62 bits per heavy atom. The van der Waals surface area contributed by atoms with Gasteiger partial charge >= 0.3 is 0 Å². The molecule has 3 heteroatoms. The van der Waals surface area contributed by atoms with Crippen molar-refractivity contribution in [3.05, 3.63) is 35.0 Å². The standard InChI is InChI=1S/C18H23N3/c1-17(2,3)13-9-15(18(4,5)6)21-16-12(13)7-11(10-19)8-14(16)20/h7-9H,20H2,1-6H3. The van der Waals surface area contributed by atoms with Crippen LogP contribution in [0.15, 0.2) is 18.2 Å². The van der Waals surface area contributed by atoms with Crippen molar-refractivity contribution in [2.24, 2.45) is 0 Å². The first kappa shape index (κ1) is 15.3. The molecule has 0 amide bonds. The van der Waals surface area contributed by atoms with Gasteiger partial charge in [0.2, 0.25) is 0 Å². The number of anilines is 1. The summed E-state index contributed by atoms with van der Waals surface area (Å²) < 4.78 is 0. The molecule has 1 aromatic carbocycles. The smallest absolute Gasteiger partial charge is 0.0992 e. The Morgan fingerprint density at radius 3 is 2.10 bits per heavy atom. The molecule has 0 saturated carbocycles. The molecule has 0 bridgehead atoms. The number of hydrogen-bond acceptors (Lipinski definition) is 3. The lowest BCUT2D eigenvalue weighted by Crippen LogP contribution is -2.19. The molecule has 0 fully saturated rings. The van der Waals surface area contributed by atoms with E-state index in [2.05, 4.69) is 53.7 Å². The fraction of sp³-hybridized carbons (Fsp3) is 0.444. The highest BCUT2D eigenvalue weighted by molar-refractivity contribution is 5.93. The molecule has 1 aromatic heterocycles. The number of pyridine rings is 1. The number of nitrogens with two attached hydrogens (primary N) is 1. The molecule has 21 heavy (non-hydrogen) atoms. The van der Waals surface area contributed by atoms with Gasteiger partial charge in [0.15, 0.2) is 0 Å². The maximum atomic E-state index is 9.17. The minimum absolute atomic E-state index is 0.0400. The van der Waals surface area contributed by atoms with Crippen molar-refractivity contribution in [2.45, 2.75) is 52.4 Å². The number of aromatic nitrogens is 1. The molecule has 2 N–H and O–H groups in total. The zero-order valence-corrected chi connectivity index (χ0v) is 13.7. The van der Waals surface area contributed by atoms with E-state index in [1.54, 1.807) is 6.07 Å². The highest BCUT2D eigenvalue weighted by atomic mass is 14.8. The van der Waals surface area contributed by atoms with E-state index in [0.717, 1.165) is 16.6 Å². The van der Waals surface area contributed by atoms with E-state index in [-0.39, 0.29) is 10.8 Å². The monoisotopic (exact) mass is 281 g/mol. The lowest BCUT2D eigenvalue weighted by molar-refractivity contribution is 0.558. The summed E-state index contributed by atoms with van der Waals surface area (Å²) in [4.78, 5) is 4.76. The Morgan fingerprint density at radius 1 is 1.00 bits per heavy atom. The average Bonchev–Trinajstić information content (AvgIpc) is 2.35. The Balaban J connectivity index is 2.96. The molecule has 2 rings (SSSR count). The van der Waals surface area contributed by atoms with Gasteiger partial charge in [0, 0.05) is 16.5 Å². The Kier molecular flexibility index (Phi) is 3.45.